The number of benzene rings is 2. The summed E-state index contributed by atoms with van der Waals surface area (Å²) in [4.78, 5) is 28.3. The van der Waals surface area contributed by atoms with Crippen molar-refractivity contribution in [3.05, 3.63) is 75.1 Å². The first-order chi connectivity index (χ1) is 14.5. The van der Waals surface area contributed by atoms with Crippen LogP contribution in [0.3, 0.4) is 0 Å². The highest BCUT2D eigenvalue weighted by Gasteiger charge is 2.22. The summed E-state index contributed by atoms with van der Waals surface area (Å²) in [6.45, 7) is 5.56. The number of piperazine rings is 1. The minimum atomic E-state index is -0.433. The van der Waals surface area contributed by atoms with Gasteiger partial charge in [-0.1, -0.05) is 41.9 Å². The van der Waals surface area contributed by atoms with E-state index in [-0.39, 0.29) is 12.5 Å². The van der Waals surface area contributed by atoms with E-state index in [0.717, 1.165) is 30.6 Å². The Balaban J connectivity index is 1.34. The zero-order valence-electron chi connectivity index (χ0n) is 16.8. The van der Waals surface area contributed by atoms with Crippen LogP contribution in [0, 0.1) is 6.92 Å². The van der Waals surface area contributed by atoms with Crippen LogP contribution in [0.4, 0.5) is 0 Å². The summed E-state index contributed by atoms with van der Waals surface area (Å²) in [6, 6.07) is 15.0. The number of amides is 1. The van der Waals surface area contributed by atoms with Gasteiger partial charge in [0.1, 0.15) is 11.3 Å². The number of carbonyl (C=O) groups is 1. The van der Waals surface area contributed by atoms with Crippen molar-refractivity contribution in [3.8, 4) is 5.75 Å². The molecule has 0 radical (unpaired) electrons. The molecule has 1 aliphatic heterocycles. The number of ether oxygens (including phenoxy) is 1. The molecule has 1 amide bonds. The summed E-state index contributed by atoms with van der Waals surface area (Å²) in [5, 5.41) is 1.12. The van der Waals surface area contributed by atoms with Gasteiger partial charge in [0.25, 0.3) is 5.91 Å². The van der Waals surface area contributed by atoms with Gasteiger partial charge in [-0.15, -0.1) is 0 Å². The standard InChI is InChI=1S/C23H23ClN2O4/c1-16-11-23(28)30-20-13-21(19(24)12-18(16)20)29-15-22(27)26-9-7-25(8-10-26)14-17-5-3-2-4-6-17/h2-6,11-13H,7-10,14-15H2,1H3. The lowest BCUT2D eigenvalue weighted by Crippen LogP contribution is -2.49. The normalized spacial score (nSPS) is 14.8. The fourth-order valence-electron chi connectivity index (χ4n) is 3.66. The quantitative estimate of drug-likeness (QED) is 0.584. The van der Waals surface area contributed by atoms with Crippen LogP contribution in [0.5, 0.6) is 5.75 Å². The fourth-order valence-corrected chi connectivity index (χ4v) is 3.88. The molecule has 2 heterocycles. The highest BCUT2D eigenvalue weighted by molar-refractivity contribution is 6.32. The van der Waals surface area contributed by atoms with E-state index >= 15 is 0 Å². The number of fused-ring (bicyclic) bond motifs is 1. The van der Waals surface area contributed by atoms with E-state index in [1.165, 1.54) is 11.6 Å². The Morgan fingerprint density at radius 3 is 2.57 bits per heavy atom. The lowest BCUT2D eigenvalue weighted by atomic mass is 10.1. The van der Waals surface area contributed by atoms with Crippen LogP contribution in [-0.4, -0.2) is 48.5 Å². The summed E-state index contributed by atoms with van der Waals surface area (Å²) >= 11 is 6.30. The van der Waals surface area contributed by atoms with Crippen LogP contribution in [0.2, 0.25) is 5.02 Å². The summed E-state index contributed by atoms with van der Waals surface area (Å²) in [7, 11) is 0. The van der Waals surface area contributed by atoms with Crippen molar-refractivity contribution in [3.63, 3.8) is 0 Å². The minimum Gasteiger partial charge on any atom is -0.482 e. The number of carbonyl (C=O) groups excluding carboxylic acids is 1. The highest BCUT2D eigenvalue weighted by atomic mass is 35.5. The number of aryl methyl sites for hydroxylation is 1. The first kappa shape index (κ1) is 20.4. The maximum atomic E-state index is 12.6. The van der Waals surface area contributed by atoms with E-state index in [9.17, 15) is 9.59 Å². The summed E-state index contributed by atoms with van der Waals surface area (Å²) in [5.41, 5.74) is 2.01. The van der Waals surface area contributed by atoms with Crippen LogP contribution in [-0.2, 0) is 11.3 Å². The monoisotopic (exact) mass is 426 g/mol. The molecule has 1 aromatic heterocycles. The van der Waals surface area contributed by atoms with Gasteiger partial charge in [0.2, 0.25) is 0 Å². The zero-order valence-corrected chi connectivity index (χ0v) is 17.5. The maximum Gasteiger partial charge on any atom is 0.336 e. The van der Waals surface area contributed by atoms with Crippen molar-refractivity contribution in [1.29, 1.82) is 0 Å². The van der Waals surface area contributed by atoms with Crippen molar-refractivity contribution < 1.29 is 13.9 Å². The molecule has 7 heteroatoms. The van der Waals surface area contributed by atoms with Gasteiger partial charge in [0.15, 0.2) is 6.61 Å². The van der Waals surface area contributed by atoms with Gasteiger partial charge in [0.05, 0.1) is 5.02 Å². The molecule has 0 aliphatic carbocycles. The second kappa shape index (κ2) is 8.90. The molecule has 0 N–H and O–H groups in total. The first-order valence-electron chi connectivity index (χ1n) is 9.90. The Morgan fingerprint density at radius 2 is 1.83 bits per heavy atom. The smallest absolute Gasteiger partial charge is 0.336 e. The van der Waals surface area contributed by atoms with Crippen LogP contribution in [0.15, 0.2) is 57.7 Å². The summed E-state index contributed by atoms with van der Waals surface area (Å²) < 4.78 is 10.9. The molecule has 4 rings (SSSR count). The van der Waals surface area contributed by atoms with Crippen molar-refractivity contribution in [2.45, 2.75) is 13.5 Å². The molecule has 2 aromatic carbocycles. The SMILES string of the molecule is Cc1cc(=O)oc2cc(OCC(=O)N3CCN(Cc4ccccc4)CC3)c(Cl)cc12. The number of rotatable bonds is 5. The van der Waals surface area contributed by atoms with E-state index in [2.05, 4.69) is 17.0 Å². The van der Waals surface area contributed by atoms with Crippen LogP contribution >= 0.6 is 11.6 Å². The van der Waals surface area contributed by atoms with Gasteiger partial charge in [-0.3, -0.25) is 9.69 Å². The molecule has 156 valence electrons. The molecular weight excluding hydrogens is 404 g/mol. The Morgan fingerprint density at radius 1 is 1.10 bits per heavy atom. The highest BCUT2D eigenvalue weighted by Crippen LogP contribution is 2.31. The summed E-state index contributed by atoms with van der Waals surface area (Å²) in [6.07, 6.45) is 0. The van der Waals surface area contributed by atoms with Gasteiger partial charge in [-0.25, -0.2) is 4.79 Å². The molecular formula is C23H23ClN2O4. The Bertz CT molecular complexity index is 1110. The number of hydrogen-bond acceptors (Lipinski definition) is 5. The van der Waals surface area contributed by atoms with E-state index < -0.39 is 5.63 Å². The Hall–Kier alpha value is -2.83. The van der Waals surface area contributed by atoms with Gasteiger partial charge >= 0.3 is 5.63 Å². The third-order valence-electron chi connectivity index (χ3n) is 5.33. The number of hydrogen-bond donors (Lipinski definition) is 0. The van der Waals surface area contributed by atoms with Crippen LogP contribution < -0.4 is 10.4 Å². The lowest BCUT2D eigenvalue weighted by Gasteiger charge is -2.34. The Labute approximate surface area is 179 Å². The van der Waals surface area contributed by atoms with Gasteiger partial charge in [-0.2, -0.15) is 0 Å². The van der Waals surface area contributed by atoms with E-state index in [0.29, 0.717) is 29.4 Å². The molecule has 30 heavy (non-hydrogen) atoms. The van der Waals surface area contributed by atoms with Crippen molar-refractivity contribution >= 4 is 28.5 Å². The molecule has 1 aliphatic rings. The van der Waals surface area contributed by atoms with Crippen molar-refractivity contribution in [2.24, 2.45) is 0 Å². The topological polar surface area (TPSA) is 63.0 Å². The lowest BCUT2D eigenvalue weighted by molar-refractivity contribution is -0.135. The molecule has 6 nitrogen and oxygen atoms in total. The van der Waals surface area contributed by atoms with E-state index in [1.54, 1.807) is 17.0 Å². The predicted octanol–water partition coefficient (Wildman–Crippen LogP) is 3.48. The van der Waals surface area contributed by atoms with Gasteiger partial charge in [-0.05, 0) is 24.1 Å². The van der Waals surface area contributed by atoms with E-state index in [1.807, 2.05) is 25.1 Å². The molecule has 0 bridgehead atoms. The number of halogens is 1. The molecule has 0 atom stereocenters. The average Bonchev–Trinajstić information content (AvgIpc) is 2.74. The fraction of sp³-hybridized carbons (Fsp3) is 0.304. The second-order valence-electron chi connectivity index (χ2n) is 7.46. The number of nitrogens with zero attached hydrogens (tertiary/aromatic N) is 2. The van der Waals surface area contributed by atoms with Crippen molar-refractivity contribution in [2.75, 3.05) is 32.8 Å². The second-order valence-corrected chi connectivity index (χ2v) is 7.87. The average molecular weight is 427 g/mol. The zero-order chi connectivity index (χ0) is 21.1. The first-order valence-corrected chi connectivity index (χ1v) is 10.3. The summed E-state index contributed by atoms with van der Waals surface area (Å²) in [5.74, 6) is 0.241. The molecule has 0 saturated carbocycles. The third-order valence-corrected chi connectivity index (χ3v) is 5.62. The largest absolute Gasteiger partial charge is 0.482 e. The molecule has 3 aromatic rings. The minimum absolute atomic E-state index is 0.0868. The van der Waals surface area contributed by atoms with Gasteiger partial charge in [0, 0.05) is 50.2 Å². The molecule has 0 spiro atoms. The van der Waals surface area contributed by atoms with Crippen LogP contribution in [0.1, 0.15) is 11.1 Å². The van der Waals surface area contributed by atoms with Crippen molar-refractivity contribution in [1.82, 2.24) is 9.80 Å². The molecule has 1 fully saturated rings. The molecule has 1 saturated heterocycles. The maximum absolute atomic E-state index is 12.6. The predicted molar refractivity (Wildman–Crippen MR) is 116 cm³/mol. The third kappa shape index (κ3) is 4.66. The molecule has 0 unspecified atom stereocenters. The Kier molecular flexibility index (Phi) is 6.06. The van der Waals surface area contributed by atoms with Crippen LogP contribution in [0.25, 0.3) is 11.0 Å². The van der Waals surface area contributed by atoms with E-state index in [4.69, 9.17) is 20.8 Å². The van der Waals surface area contributed by atoms with Gasteiger partial charge < -0.3 is 14.1 Å².